The summed E-state index contributed by atoms with van der Waals surface area (Å²) in [6, 6.07) is 4.88. The fourth-order valence-corrected chi connectivity index (χ4v) is 5.73. The van der Waals surface area contributed by atoms with Gasteiger partial charge in [0.15, 0.2) is 0 Å². The summed E-state index contributed by atoms with van der Waals surface area (Å²) in [6.45, 7) is 5.37. The number of sulfonamides is 1. The van der Waals surface area contributed by atoms with Crippen molar-refractivity contribution in [1.29, 1.82) is 0 Å². The van der Waals surface area contributed by atoms with Crippen LogP contribution in [0.3, 0.4) is 0 Å². The maximum Gasteiger partial charge on any atom is 0.244 e. The van der Waals surface area contributed by atoms with Gasteiger partial charge >= 0.3 is 0 Å². The molecule has 1 aromatic rings. The van der Waals surface area contributed by atoms with Crippen LogP contribution in [0.4, 0.5) is 0 Å². The van der Waals surface area contributed by atoms with Gasteiger partial charge in [0, 0.05) is 28.1 Å². The first-order valence-electron chi connectivity index (χ1n) is 6.31. The normalized spacial score (nSPS) is 20.6. The number of rotatable bonds is 2. The third-order valence-electron chi connectivity index (χ3n) is 3.31. The van der Waals surface area contributed by atoms with Crippen molar-refractivity contribution in [2.24, 2.45) is 0 Å². The Morgan fingerprint density at radius 3 is 2.70 bits per heavy atom. The van der Waals surface area contributed by atoms with E-state index in [4.69, 9.17) is 11.6 Å². The van der Waals surface area contributed by atoms with E-state index in [9.17, 15) is 8.42 Å². The zero-order valence-corrected chi connectivity index (χ0v) is 15.4. The monoisotopic (exact) mass is 397 g/mol. The van der Waals surface area contributed by atoms with Crippen molar-refractivity contribution in [2.45, 2.75) is 29.9 Å². The summed E-state index contributed by atoms with van der Waals surface area (Å²) in [5.74, 6) is 0.806. The molecule has 1 aliphatic rings. The summed E-state index contributed by atoms with van der Waals surface area (Å²) < 4.78 is 27.8. The van der Waals surface area contributed by atoms with E-state index in [1.165, 1.54) is 0 Å². The van der Waals surface area contributed by atoms with Gasteiger partial charge in [-0.15, -0.1) is 0 Å². The maximum absolute atomic E-state index is 12.7. The smallest absolute Gasteiger partial charge is 0.207 e. The van der Waals surface area contributed by atoms with E-state index in [0.29, 0.717) is 13.1 Å². The summed E-state index contributed by atoms with van der Waals surface area (Å²) in [5, 5.41) is 0.260. The van der Waals surface area contributed by atoms with Crippen molar-refractivity contribution < 1.29 is 8.42 Å². The third kappa shape index (κ3) is 3.71. The average molecular weight is 399 g/mol. The Bertz CT molecular complexity index is 604. The Labute approximate surface area is 138 Å². The van der Waals surface area contributed by atoms with Crippen LogP contribution >= 0.6 is 39.3 Å². The molecule has 0 aliphatic carbocycles. The summed E-state index contributed by atoms with van der Waals surface area (Å²) in [7, 11) is -3.52. The van der Waals surface area contributed by atoms with E-state index < -0.39 is 10.0 Å². The molecule has 0 bridgehead atoms. The molecule has 0 saturated carbocycles. The van der Waals surface area contributed by atoms with Crippen molar-refractivity contribution >= 4 is 49.3 Å². The Hall–Kier alpha value is 0.250. The van der Waals surface area contributed by atoms with Crippen molar-refractivity contribution in [3.63, 3.8) is 0 Å². The third-order valence-corrected chi connectivity index (χ3v) is 7.56. The molecule has 0 atom stereocenters. The second-order valence-electron chi connectivity index (χ2n) is 5.34. The van der Waals surface area contributed by atoms with E-state index in [-0.39, 0.29) is 14.7 Å². The van der Waals surface area contributed by atoms with E-state index >= 15 is 0 Å². The fourth-order valence-electron chi connectivity index (χ4n) is 2.07. The van der Waals surface area contributed by atoms with E-state index in [1.54, 1.807) is 22.5 Å². The minimum atomic E-state index is -3.52. The van der Waals surface area contributed by atoms with Gasteiger partial charge in [-0.2, -0.15) is 16.1 Å². The van der Waals surface area contributed by atoms with Crippen LogP contribution in [0, 0.1) is 0 Å². The van der Waals surface area contributed by atoms with Crippen LogP contribution in [0.1, 0.15) is 20.3 Å². The Morgan fingerprint density at radius 2 is 2.05 bits per heavy atom. The molecule has 0 aromatic heterocycles. The van der Waals surface area contributed by atoms with Gasteiger partial charge in [-0.3, -0.25) is 0 Å². The highest BCUT2D eigenvalue weighted by atomic mass is 79.9. The molecule has 112 valence electrons. The second-order valence-corrected chi connectivity index (χ2v) is 10.4. The quantitative estimate of drug-likeness (QED) is 0.755. The van der Waals surface area contributed by atoms with Crippen molar-refractivity contribution in [1.82, 2.24) is 4.31 Å². The average Bonchev–Trinajstić information content (AvgIpc) is 2.50. The molecule has 3 nitrogen and oxygen atoms in total. The lowest BCUT2D eigenvalue weighted by Gasteiger charge is -2.22. The van der Waals surface area contributed by atoms with Crippen molar-refractivity contribution in [3.8, 4) is 0 Å². The van der Waals surface area contributed by atoms with Crippen LogP contribution in [0.2, 0.25) is 5.02 Å². The van der Waals surface area contributed by atoms with Gasteiger partial charge in [0.2, 0.25) is 10.0 Å². The Balaban J connectivity index is 2.30. The fraction of sp³-hybridized carbons (Fsp3) is 0.538. The largest absolute Gasteiger partial charge is 0.244 e. The van der Waals surface area contributed by atoms with Gasteiger partial charge < -0.3 is 0 Å². The van der Waals surface area contributed by atoms with Gasteiger partial charge in [0.05, 0.1) is 5.02 Å². The Morgan fingerprint density at radius 1 is 1.35 bits per heavy atom. The molecule has 0 N–H and O–H groups in total. The molecule has 1 fully saturated rings. The molecule has 20 heavy (non-hydrogen) atoms. The number of benzene rings is 1. The molecule has 7 heteroatoms. The van der Waals surface area contributed by atoms with Crippen LogP contribution in [-0.4, -0.2) is 36.3 Å². The molecule has 1 heterocycles. The lowest BCUT2D eigenvalue weighted by atomic mass is 10.1. The number of hydrogen-bond donors (Lipinski definition) is 0. The van der Waals surface area contributed by atoms with Crippen LogP contribution in [0.25, 0.3) is 0 Å². The first-order valence-corrected chi connectivity index (χ1v) is 9.91. The van der Waals surface area contributed by atoms with Gasteiger partial charge in [0.1, 0.15) is 4.90 Å². The molecule has 1 aliphatic heterocycles. The minimum Gasteiger partial charge on any atom is -0.207 e. The highest BCUT2D eigenvalue weighted by Gasteiger charge is 2.31. The van der Waals surface area contributed by atoms with Crippen molar-refractivity contribution in [3.05, 3.63) is 27.7 Å². The summed E-state index contributed by atoms with van der Waals surface area (Å²) >= 11 is 11.2. The highest BCUT2D eigenvalue weighted by Crippen LogP contribution is 2.34. The molecule has 1 saturated heterocycles. The first kappa shape index (κ1) is 16.6. The predicted molar refractivity (Wildman–Crippen MR) is 89.1 cm³/mol. The standard InChI is InChI=1S/C13H17BrClNO2S2/c1-13(2)5-6-16(7-8-19-13)20(17,18)12-4-3-10(14)9-11(12)15/h3-4,9H,5-8H2,1-2H3. The summed E-state index contributed by atoms with van der Waals surface area (Å²) in [5.41, 5.74) is 0. The van der Waals surface area contributed by atoms with Gasteiger partial charge in [-0.1, -0.05) is 41.4 Å². The highest BCUT2D eigenvalue weighted by molar-refractivity contribution is 9.10. The predicted octanol–water partition coefficient (Wildman–Crippen LogP) is 4.01. The van der Waals surface area contributed by atoms with Crippen LogP contribution in [0.15, 0.2) is 27.6 Å². The van der Waals surface area contributed by atoms with Gasteiger partial charge in [-0.05, 0) is 24.6 Å². The molecule has 0 unspecified atom stereocenters. The zero-order chi connectivity index (χ0) is 15.0. The minimum absolute atomic E-state index is 0.119. The van der Waals surface area contributed by atoms with E-state index in [1.807, 2.05) is 11.8 Å². The van der Waals surface area contributed by atoms with Crippen LogP contribution in [-0.2, 0) is 10.0 Å². The van der Waals surface area contributed by atoms with Crippen LogP contribution < -0.4 is 0 Å². The van der Waals surface area contributed by atoms with E-state index in [0.717, 1.165) is 16.6 Å². The molecule has 0 spiro atoms. The maximum atomic E-state index is 12.7. The lowest BCUT2D eigenvalue weighted by Crippen LogP contribution is -2.33. The molecule has 2 rings (SSSR count). The Kier molecular flexibility index (Phi) is 5.12. The molecular weight excluding hydrogens is 382 g/mol. The van der Waals surface area contributed by atoms with Crippen LogP contribution in [0.5, 0.6) is 0 Å². The van der Waals surface area contributed by atoms with Crippen molar-refractivity contribution in [2.75, 3.05) is 18.8 Å². The zero-order valence-electron chi connectivity index (χ0n) is 11.4. The molecule has 0 amide bonds. The number of thioether (sulfide) groups is 1. The topological polar surface area (TPSA) is 37.4 Å². The first-order chi connectivity index (χ1) is 9.22. The van der Waals surface area contributed by atoms with E-state index in [2.05, 4.69) is 29.8 Å². The second kappa shape index (κ2) is 6.16. The summed E-state index contributed by atoms with van der Waals surface area (Å²) in [4.78, 5) is 0.187. The number of nitrogens with zero attached hydrogens (tertiary/aromatic N) is 1. The molecule has 1 aromatic carbocycles. The van der Waals surface area contributed by atoms with Gasteiger partial charge in [-0.25, -0.2) is 8.42 Å². The molecular formula is C13H17BrClNO2S2. The number of hydrogen-bond acceptors (Lipinski definition) is 3. The molecule has 0 radical (unpaired) electrons. The summed E-state index contributed by atoms with van der Waals surface area (Å²) in [6.07, 6.45) is 0.838. The van der Waals surface area contributed by atoms with Gasteiger partial charge in [0.25, 0.3) is 0 Å². The lowest BCUT2D eigenvalue weighted by molar-refractivity contribution is 0.415. The SMILES string of the molecule is CC1(C)CCN(S(=O)(=O)c2ccc(Br)cc2Cl)CCS1. The number of halogens is 2.